The van der Waals surface area contributed by atoms with E-state index in [0.29, 0.717) is 11.2 Å². The summed E-state index contributed by atoms with van der Waals surface area (Å²) in [6.45, 7) is -0.509. The van der Waals surface area contributed by atoms with Gasteiger partial charge in [-0.15, -0.1) is 0 Å². The summed E-state index contributed by atoms with van der Waals surface area (Å²) in [5.41, 5.74) is 6.32. The lowest BCUT2D eigenvalue weighted by Crippen LogP contribution is -2.56. The Hall–Kier alpha value is -1.85. The minimum absolute atomic E-state index is 0.170. The van der Waals surface area contributed by atoms with Crippen LogP contribution in [0.15, 0.2) is 12.7 Å². The van der Waals surface area contributed by atoms with Crippen molar-refractivity contribution in [3.05, 3.63) is 12.7 Å². The smallest absolute Gasteiger partial charge is 0.167 e. The van der Waals surface area contributed by atoms with Gasteiger partial charge in [-0.05, 0) is 0 Å². The zero-order valence-corrected chi connectivity index (χ0v) is 10.8. The number of aromatic nitrogens is 4. The summed E-state index contributed by atoms with van der Waals surface area (Å²) in [7, 11) is 0. The van der Waals surface area contributed by atoms with Crippen LogP contribution in [0.1, 0.15) is 6.23 Å². The maximum atomic E-state index is 10.1. The van der Waals surface area contributed by atoms with Crippen LogP contribution in [0.3, 0.4) is 0 Å². The number of nitrogens with zero attached hydrogens (tertiary/aromatic N) is 4. The van der Waals surface area contributed by atoms with Crippen molar-refractivity contribution in [3.8, 4) is 0 Å². The van der Waals surface area contributed by atoms with Crippen LogP contribution in [-0.2, 0) is 4.74 Å². The van der Waals surface area contributed by atoms with E-state index in [1.165, 1.54) is 17.2 Å². The fourth-order valence-electron chi connectivity index (χ4n) is 2.37. The SMILES string of the molecule is Nc1ncnc2c1ncn2[C@@H]1O[C@@H](CO)[C@@H](O)[C@@H](O)[C@H]1O. The quantitative estimate of drug-likeness (QED) is 0.400. The monoisotopic (exact) mass is 297 g/mol. The number of hydrogen-bond acceptors (Lipinski definition) is 9. The van der Waals surface area contributed by atoms with E-state index in [-0.39, 0.29) is 5.82 Å². The van der Waals surface area contributed by atoms with Crippen LogP contribution < -0.4 is 5.73 Å². The molecule has 2 aromatic rings. The van der Waals surface area contributed by atoms with Crippen molar-refractivity contribution in [1.29, 1.82) is 0 Å². The molecule has 3 heterocycles. The highest BCUT2D eigenvalue weighted by molar-refractivity contribution is 5.81. The molecule has 6 N–H and O–H groups in total. The lowest BCUT2D eigenvalue weighted by atomic mass is 9.98. The van der Waals surface area contributed by atoms with Gasteiger partial charge in [0.25, 0.3) is 0 Å². The fourth-order valence-corrected chi connectivity index (χ4v) is 2.37. The Morgan fingerprint density at radius 1 is 1.14 bits per heavy atom. The first-order valence-electron chi connectivity index (χ1n) is 6.28. The number of rotatable bonds is 2. The Morgan fingerprint density at radius 2 is 1.90 bits per heavy atom. The molecule has 0 aromatic carbocycles. The topological polar surface area (TPSA) is 160 Å². The molecule has 3 rings (SSSR count). The first-order valence-corrected chi connectivity index (χ1v) is 6.28. The fraction of sp³-hybridized carbons (Fsp3) is 0.545. The predicted molar refractivity (Wildman–Crippen MR) is 68.8 cm³/mol. The van der Waals surface area contributed by atoms with Gasteiger partial charge in [-0.25, -0.2) is 15.0 Å². The van der Waals surface area contributed by atoms with E-state index < -0.39 is 37.3 Å². The van der Waals surface area contributed by atoms with Crippen LogP contribution in [0.25, 0.3) is 11.2 Å². The summed E-state index contributed by atoms with van der Waals surface area (Å²) >= 11 is 0. The molecule has 1 aliphatic heterocycles. The van der Waals surface area contributed by atoms with Gasteiger partial charge in [0.05, 0.1) is 12.9 Å². The Kier molecular flexibility index (Phi) is 3.47. The van der Waals surface area contributed by atoms with Crippen LogP contribution in [0.2, 0.25) is 0 Å². The Balaban J connectivity index is 2.03. The van der Waals surface area contributed by atoms with Crippen molar-refractivity contribution in [2.75, 3.05) is 12.3 Å². The number of ether oxygens (including phenoxy) is 1. The van der Waals surface area contributed by atoms with Gasteiger partial charge in [-0.2, -0.15) is 0 Å². The summed E-state index contributed by atoms with van der Waals surface area (Å²) in [4.78, 5) is 11.9. The molecule has 1 aliphatic rings. The normalized spacial score (nSPS) is 33.4. The lowest BCUT2D eigenvalue weighted by Gasteiger charge is -2.40. The minimum atomic E-state index is -1.47. The van der Waals surface area contributed by atoms with Crippen LogP contribution in [0.5, 0.6) is 0 Å². The van der Waals surface area contributed by atoms with Crippen LogP contribution >= 0.6 is 0 Å². The number of aliphatic hydroxyl groups is 4. The minimum Gasteiger partial charge on any atom is -0.394 e. The molecule has 1 saturated heterocycles. The van der Waals surface area contributed by atoms with Gasteiger partial charge < -0.3 is 30.9 Å². The number of fused-ring (bicyclic) bond motifs is 1. The molecule has 2 aromatic heterocycles. The average Bonchev–Trinajstić information content (AvgIpc) is 2.91. The second kappa shape index (κ2) is 5.16. The first-order chi connectivity index (χ1) is 10.0. The van der Waals surface area contributed by atoms with Crippen LogP contribution in [0, 0.1) is 0 Å². The first kappa shape index (κ1) is 14.1. The van der Waals surface area contributed by atoms with Crippen molar-refractivity contribution < 1.29 is 25.2 Å². The molecule has 0 saturated carbocycles. The van der Waals surface area contributed by atoms with Gasteiger partial charge >= 0.3 is 0 Å². The van der Waals surface area contributed by atoms with Gasteiger partial charge in [0, 0.05) is 0 Å². The van der Waals surface area contributed by atoms with Crippen molar-refractivity contribution in [3.63, 3.8) is 0 Å². The van der Waals surface area contributed by atoms with Gasteiger partial charge in [-0.3, -0.25) is 4.57 Å². The highest BCUT2D eigenvalue weighted by Crippen LogP contribution is 2.30. The summed E-state index contributed by atoms with van der Waals surface area (Å²) < 4.78 is 6.81. The third-order valence-corrected chi connectivity index (χ3v) is 3.53. The number of nitrogens with two attached hydrogens (primary N) is 1. The largest absolute Gasteiger partial charge is 0.394 e. The number of imidazole rings is 1. The van der Waals surface area contributed by atoms with E-state index in [1.54, 1.807) is 0 Å². The molecule has 0 radical (unpaired) electrons. The predicted octanol–water partition coefficient (Wildman–Crippen LogP) is -2.62. The van der Waals surface area contributed by atoms with Crippen LogP contribution in [0.4, 0.5) is 5.82 Å². The van der Waals surface area contributed by atoms with Gasteiger partial charge in [0.2, 0.25) is 0 Å². The molecule has 0 bridgehead atoms. The summed E-state index contributed by atoms with van der Waals surface area (Å²) in [6.07, 6.45) is -3.82. The molecule has 5 atom stereocenters. The van der Waals surface area contributed by atoms with Gasteiger partial charge in [-0.1, -0.05) is 0 Å². The van der Waals surface area contributed by atoms with Crippen LogP contribution in [-0.4, -0.2) is 71.0 Å². The van der Waals surface area contributed by atoms with E-state index in [0.717, 1.165) is 0 Å². The second-order valence-electron chi connectivity index (χ2n) is 4.80. The molecule has 0 aliphatic carbocycles. The Bertz CT molecular complexity index is 647. The number of hydrogen-bond donors (Lipinski definition) is 5. The molecular formula is C11H15N5O5. The molecular weight excluding hydrogens is 282 g/mol. The van der Waals surface area contributed by atoms with E-state index in [1.807, 2.05) is 0 Å². The maximum absolute atomic E-state index is 10.1. The zero-order chi connectivity index (χ0) is 15.1. The number of aliphatic hydroxyl groups excluding tert-OH is 4. The summed E-state index contributed by atoms with van der Waals surface area (Å²) in [5, 5.41) is 38.8. The van der Waals surface area contributed by atoms with Crippen molar-refractivity contribution in [2.24, 2.45) is 0 Å². The Morgan fingerprint density at radius 3 is 2.62 bits per heavy atom. The molecule has 0 unspecified atom stereocenters. The Labute approximate surface area is 118 Å². The van der Waals surface area contributed by atoms with E-state index in [2.05, 4.69) is 15.0 Å². The van der Waals surface area contributed by atoms with E-state index in [9.17, 15) is 20.4 Å². The molecule has 1 fully saturated rings. The van der Waals surface area contributed by atoms with Gasteiger partial charge in [0.1, 0.15) is 36.3 Å². The number of nitrogen functional groups attached to an aromatic ring is 1. The highest BCUT2D eigenvalue weighted by Gasteiger charge is 2.44. The molecule has 10 heteroatoms. The summed E-state index contributed by atoms with van der Waals surface area (Å²) in [5.74, 6) is 0.170. The lowest BCUT2D eigenvalue weighted by molar-refractivity contribution is -0.250. The molecule has 10 nitrogen and oxygen atoms in total. The highest BCUT2D eigenvalue weighted by atomic mass is 16.6. The molecule has 0 amide bonds. The average molecular weight is 297 g/mol. The van der Waals surface area contributed by atoms with Crippen molar-refractivity contribution in [1.82, 2.24) is 19.5 Å². The standard InChI is InChI=1S/C11H15N5O5/c12-9-5-10(14-2-13-9)16(3-15-5)11-8(20)7(19)6(18)4(1-17)21-11/h2-4,6-8,11,17-20H,1H2,(H2,12,13,14)/t4-,6+,7+,8+,11+/m0/s1. The third kappa shape index (κ3) is 2.13. The number of anilines is 1. The zero-order valence-electron chi connectivity index (χ0n) is 10.8. The molecule has 21 heavy (non-hydrogen) atoms. The third-order valence-electron chi connectivity index (χ3n) is 3.53. The van der Waals surface area contributed by atoms with E-state index in [4.69, 9.17) is 10.5 Å². The van der Waals surface area contributed by atoms with Crippen molar-refractivity contribution >= 4 is 17.0 Å². The summed E-state index contributed by atoms with van der Waals surface area (Å²) in [6, 6.07) is 0. The molecule has 0 spiro atoms. The van der Waals surface area contributed by atoms with E-state index >= 15 is 0 Å². The molecule has 114 valence electrons. The maximum Gasteiger partial charge on any atom is 0.167 e. The van der Waals surface area contributed by atoms with Crippen molar-refractivity contribution in [2.45, 2.75) is 30.6 Å². The second-order valence-corrected chi connectivity index (χ2v) is 4.80. The van der Waals surface area contributed by atoms with Gasteiger partial charge in [0.15, 0.2) is 17.7 Å².